The summed E-state index contributed by atoms with van der Waals surface area (Å²) in [6.45, 7) is 2.76. The Kier molecular flexibility index (Phi) is 4.93. The van der Waals surface area contributed by atoms with Gasteiger partial charge in [-0.25, -0.2) is 0 Å². The largest absolute Gasteiger partial charge is 0.493 e. The van der Waals surface area contributed by atoms with Gasteiger partial charge in [0.25, 0.3) is 0 Å². The summed E-state index contributed by atoms with van der Waals surface area (Å²) in [4.78, 5) is 3.99. The molecule has 1 aromatic heterocycles. The van der Waals surface area contributed by atoms with Crippen LogP contribution in [0.25, 0.3) is 0 Å². The molecule has 2 N–H and O–H groups in total. The molecule has 0 amide bonds. The zero-order valence-corrected chi connectivity index (χ0v) is 11.3. The first kappa shape index (κ1) is 13.6. The maximum Gasteiger partial charge on any atom is 0.119 e. The van der Waals surface area contributed by atoms with E-state index < -0.39 is 0 Å². The highest BCUT2D eigenvalue weighted by atomic mass is 16.5. The number of nitrogens with zero attached hydrogens (tertiary/aromatic N) is 1. The lowest BCUT2D eigenvalue weighted by molar-refractivity contribution is 0.322. The van der Waals surface area contributed by atoms with E-state index in [9.17, 15) is 0 Å². The van der Waals surface area contributed by atoms with Gasteiger partial charge in [-0.05, 0) is 41.8 Å². The minimum absolute atomic E-state index is 0.117. The lowest BCUT2D eigenvalue weighted by Gasteiger charge is -2.10. The predicted molar refractivity (Wildman–Crippen MR) is 77.1 cm³/mol. The van der Waals surface area contributed by atoms with Crippen molar-refractivity contribution in [2.45, 2.75) is 25.8 Å². The summed E-state index contributed by atoms with van der Waals surface area (Å²) >= 11 is 0. The van der Waals surface area contributed by atoms with Gasteiger partial charge in [-0.15, -0.1) is 0 Å². The molecule has 0 radical (unpaired) electrons. The first-order valence-electron chi connectivity index (χ1n) is 6.67. The van der Waals surface area contributed by atoms with Crippen molar-refractivity contribution in [3.63, 3.8) is 0 Å². The summed E-state index contributed by atoms with van der Waals surface area (Å²) < 4.78 is 5.72. The molecule has 1 atom stereocenters. The quantitative estimate of drug-likeness (QED) is 0.864. The molecule has 0 saturated heterocycles. The van der Waals surface area contributed by atoms with E-state index in [1.54, 1.807) is 12.4 Å². The van der Waals surface area contributed by atoms with E-state index in [0.717, 1.165) is 24.2 Å². The third kappa shape index (κ3) is 4.07. The summed E-state index contributed by atoms with van der Waals surface area (Å²) in [6, 6.07) is 12.2. The van der Waals surface area contributed by atoms with E-state index in [0.29, 0.717) is 6.61 Å². The Balaban J connectivity index is 1.83. The Hall–Kier alpha value is -1.87. The topological polar surface area (TPSA) is 48.1 Å². The molecule has 100 valence electrons. The fraction of sp³-hybridized carbons (Fsp3) is 0.312. The number of nitrogens with two attached hydrogens (primary N) is 1. The molecule has 0 bridgehead atoms. The van der Waals surface area contributed by atoms with E-state index in [-0.39, 0.29) is 6.04 Å². The average molecular weight is 256 g/mol. The molecular formula is C16H20N2O. The van der Waals surface area contributed by atoms with E-state index in [1.807, 2.05) is 36.4 Å². The third-order valence-electron chi connectivity index (χ3n) is 3.16. The molecule has 0 aliphatic rings. The number of benzene rings is 1. The lowest BCUT2D eigenvalue weighted by atomic mass is 10.1. The van der Waals surface area contributed by atoms with Crippen LogP contribution in [0.5, 0.6) is 5.75 Å². The molecule has 19 heavy (non-hydrogen) atoms. The lowest BCUT2D eigenvalue weighted by Crippen LogP contribution is -2.08. The van der Waals surface area contributed by atoms with Crippen LogP contribution in [0.3, 0.4) is 0 Å². The van der Waals surface area contributed by atoms with Crippen LogP contribution >= 0.6 is 0 Å². The van der Waals surface area contributed by atoms with E-state index >= 15 is 0 Å². The van der Waals surface area contributed by atoms with Crippen molar-refractivity contribution >= 4 is 0 Å². The molecule has 1 heterocycles. The monoisotopic (exact) mass is 256 g/mol. The van der Waals surface area contributed by atoms with Gasteiger partial charge < -0.3 is 10.5 Å². The fourth-order valence-electron chi connectivity index (χ4n) is 1.88. The zero-order valence-electron chi connectivity index (χ0n) is 11.3. The number of pyridine rings is 1. The number of hydrogen-bond donors (Lipinski definition) is 1. The average Bonchev–Trinajstić information content (AvgIpc) is 2.48. The van der Waals surface area contributed by atoms with Gasteiger partial charge in [-0.3, -0.25) is 4.98 Å². The molecular weight excluding hydrogens is 236 g/mol. The van der Waals surface area contributed by atoms with Gasteiger partial charge in [0.15, 0.2) is 0 Å². The van der Waals surface area contributed by atoms with Crippen molar-refractivity contribution in [3.05, 3.63) is 59.9 Å². The highest BCUT2D eigenvalue weighted by Gasteiger charge is 2.03. The van der Waals surface area contributed by atoms with Crippen LogP contribution < -0.4 is 10.5 Å². The van der Waals surface area contributed by atoms with Gasteiger partial charge in [-0.2, -0.15) is 0 Å². The van der Waals surface area contributed by atoms with Crippen molar-refractivity contribution < 1.29 is 4.74 Å². The molecule has 0 spiro atoms. The molecule has 0 aliphatic carbocycles. The fourth-order valence-corrected chi connectivity index (χ4v) is 1.88. The Morgan fingerprint density at radius 2 is 1.79 bits per heavy atom. The summed E-state index contributed by atoms with van der Waals surface area (Å²) in [7, 11) is 0. The number of rotatable bonds is 6. The predicted octanol–water partition coefficient (Wildman–Crippen LogP) is 3.11. The molecule has 3 nitrogen and oxygen atoms in total. The summed E-state index contributed by atoms with van der Waals surface area (Å²) in [5, 5.41) is 0. The number of aromatic nitrogens is 1. The second-order valence-electron chi connectivity index (χ2n) is 4.54. The maximum atomic E-state index is 5.97. The van der Waals surface area contributed by atoms with E-state index in [1.165, 1.54) is 5.56 Å². The number of ether oxygens (including phenoxy) is 1. The first-order valence-corrected chi connectivity index (χ1v) is 6.67. The SMILES string of the molecule is CC[C@H](N)c1ccc(OCCc2ccncc2)cc1. The highest BCUT2D eigenvalue weighted by molar-refractivity contribution is 5.29. The Bertz CT molecular complexity index is 482. The smallest absolute Gasteiger partial charge is 0.119 e. The van der Waals surface area contributed by atoms with E-state index in [2.05, 4.69) is 11.9 Å². The van der Waals surface area contributed by atoms with Crippen LogP contribution in [-0.4, -0.2) is 11.6 Å². The van der Waals surface area contributed by atoms with Crippen LogP contribution in [0.2, 0.25) is 0 Å². The minimum Gasteiger partial charge on any atom is -0.493 e. The van der Waals surface area contributed by atoms with Crippen LogP contribution in [0.4, 0.5) is 0 Å². The van der Waals surface area contributed by atoms with Gasteiger partial charge >= 0.3 is 0 Å². The molecule has 1 aromatic carbocycles. The minimum atomic E-state index is 0.117. The third-order valence-corrected chi connectivity index (χ3v) is 3.16. The normalized spacial score (nSPS) is 12.1. The molecule has 2 aromatic rings. The standard InChI is InChI=1S/C16H20N2O/c1-2-16(17)14-3-5-15(6-4-14)19-12-9-13-7-10-18-11-8-13/h3-8,10-11,16H,2,9,12,17H2,1H3/t16-/m0/s1. The maximum absolute atomic E-state index is 5.97. The first-order chi connectivity index (χ1) is 9.29. The molecule has 0 aliphatic heterocycles. The van der Waals surface area contributed by atoms with Crippen molar-refractivity contribution in [1.82, 2.24) is 4.98 Å². The molecule has 2 rings (SSSR count). The van der Waals surface area contributed by atoms with Crippen molar-refractivity contribution in [1.29, 1.82) is 0 Å². The summed E-state index contributed by atoms with van der Waals surface area (Å²) in [5.41, 5.74) is 8.37. The van der Waals surface area contributed by atoms with Crippen LogP contribution in [0.15, 0.2) is 48.8 Å². The highest BCUT2D eigenvalue weighted by Crippen LogP contribution is 2.18. The van der Waals surface area contributed by atoms with Crippen molar-refractivity contribution in [2.75, 3.05) is 6.61 Å². The Morgan fingerprint density at radius 1 is 1.11 bits per heavy atom. The molecule has 0 saturated carbocycles. The number of hydrogen-bond acceptors (Lipinski definition) is 3. The molecule has 3 heteroatoms. The van der Waals surface area contributed by atoms with Crippen LogP contribution in [0.1, 0.15) is 30.5 Å². The van der Waals surface area contributed by atoms with Crippen molar-refractivity contribution in [2.24, 2.45) is 5.73 Å². The summed E-state index contributed by atoms with van der Waals surface area (Å²) in [6.07, 6.45) is 5.44. The van der Waals surface area contributed by atoms with Crippen LogP contribution in [-0.2, 0) is 6.42 Å². The van der Waals surface area contributed by atoms with E-state index in [4.69, 9.17) is 10.5 Å². The second-order valence-corrected chi connectivity index (χ2v) is 4.54. The molecule has 0 unspecified atom stereocenters. The summed E-state index contributed by atoms with van der Waals surface area (Å²) in [5.74, 6) is 0.890. The van der Waals surface area contributed by atoms with Gasteiger partial charge in [0.2, 0.25) is 0 Å². The van der Waals surface area contributed by atoms with Gasteiger partial charge in [0.1, 0.15) is 5.75 Å². The Morgan fingerprint density at radius 3 is 2.42 bits per heavy atom. The molecule has 0 fully saturated rings. The van der Waals surface area contributed by atoms with Crippen LogP contribution in [0, 0.1) is 0 Å². The van der Waals surface area contributed by atoms with Gasteiger partial charge in [0.05, 0.1) is 6.61 Å². The van der Waals surface area contributed by atoms with Gasteiger partial charge in [0, 0.05) is 24.9 Å². The zero-order chi connectivity index (χ0) is 13.5. The van der Waals surface area contributed by atoms with Gasteiger partial charge in [-0.1, -0.05) is 19.1 Å². The second kappa shape index (κ2) is 6.90. The van der Waals surface area contributed by atoms with Crippen molar-refractivity contribution in [3.8, 4) is 5.75 Å². The Labute approximate surface area is 114 Å².